The van der Waals surface area contributed by atoms with Gasteiger partial charge >= 0.3 is 0 Å². The van der Waals surface area contributed by atoms with Crippen LogP contribution in [0.5, 0.6) is 0 Å². The van der Waals surface area contributed by atoms with Crippen molar-refractivity contribution in [2.45, 2.75) is 25.4 Å². The van der Waals surface area contributed by atoms with Crippen molar-refractivity contribution in [1.29, 1.82) is 5.26 Å². The summed E-state index contributed by atoms with van der Waals surface area (Å²) in [7, 11) is 0. The van der Waals surface area contributed by atoms with Gasteiger partial charge in [-0.1, -0.05) is 19.3 Å². The predicted octanol–water partition coefficient (Wildman–Crippen LogP) is 0.674. The van der Waals surface area contributed by atoms with Crippen LogP contribution >= 0.6 is 0 Å². The summed E-state index contributed by atoms with van der Waals surface area (Å²) in [4.78, 5) is 0. The minimum Gasteiger partial charge on any atom is -0.366 e. The van der Waals surface area contributed by atoms with Gasteiger partial charge in [-0.15, -0.1) is 6.42 Å². The van der Waals surface area contributed by atoms with Crippen molar-refractivity contribution in [1.82, 2.24) is 0 Å². The highest BCUT2D eigenvalue weighted by atomic mass is 16.3. The van der Waals surface area contributed by atoms with Crippen molar-refractivity contribution < 1.29 is 5.11 Å². The molecule has 0 amide bonds. The van der Waals surface area contributed by atoms with Gasteiger partial charge in [0, 0.05) is 6.42 Å². The van der Waals surface area contributed by atoms with Gasteiger partial charge in [-0.25, -0.2) is 0 Å². The van der Waals surface area contributed by atoms with Crippen LogP contribution in [0.15, 0.2) is 0 Å². The molecule has 1 unspecified atom stereocenters. The molecule has 48 valence electrons. The average Bonchev–Trinajstić information content (AvgIpc) is 1.89. The maximum atomic E-state index is 9.03. The van der Waals surface area contributed by atoms with Crippen LogP contribution in [0.2, 0.25) is 0 Å². The van der Waals surface area contributed by atoms with Crippen LogP contribution in [-0.4, -0.2) is 10.7 Å². The van der Waals surface area contributed by atoms with E-state index in [0.29, 0.717) is 12.8 Å². The van der Waals surface area contributed by atoms with E-state index in [4.69, 9.17) is 16.8 Å². The van der Waals surface area contributed by atoms with E-state index in [9.17, 15) is 0 Å². The summed E-state index contributed by atoms with van der Waals surface area (Å²) in [5, 5.41) is 17.3. The van der Waals surface area contributed by atoms with E-state index in [1.807, 2.05) is 12.8 Å². The Labute approximate surface area is 55.1 Å². The summed E-state index contributed by atoms with van der Waals surface area (Å²) in [6, 6.07) is 1.65. The summed E-state index contributed by atoms with van der Waals surface area (Å²) in [5.74, 6) is 2.02. The number of hydrogen-bond acceptors (Lipinski definition) is 2. The Morgan fingerprint density at radius 3 is 2.44 bits per heavy atom. The van der Waals surface area contributed by atoms with Gasteiger partial charge in [-0.2, -0.15) is 5.26 Å². The molecular weight excluding hydrogens is 114 g/mol. The molecular formula is C7H9NO. The number of nitrogens with zero attached hydrogens (tertiary/aromatic N) is 1. The Bertz CT molecular complexity index is 147. The van der Waals surface area contributed by atoms with Crippen LogP contribution in [-0.2, 0) is 0 Å². The summed E-state index contributed by atoms with van der Waals surface area (Å²) >= 11 is 0. The van der Waals surface area contributed by atoms with Crippen LogP contribution in [0.25, 0.3) is 0 Å². The number of terminal acetylenes is 1. The summed E-state index contributed by atoms with van der Waals surface area (Å²) < 4.78 is 0. The molecule has 0 fully saturated rings. The molecule has 0 heterocycles. The number of nitriles is 1. The standard InChI is InChI=1S/C7H9NO/c1-3-5-7(9,4-2)6-8/h2,9H,3,5H2,1H3. The number of rotatable bonds is 2. The fraction of sp³-hybridized carbons (Fsp3) is 0.571. The lowest BCUT2D eigenvalue weighted by Gasteiger charge is -2.09. The molecule has 0 aromatic rings. The first-order chi connectivity index (χ1) is 4.18. The van der Waals surface area contributed by atoms with Gasteiger partial charge in [0.1, 0.15) is 6.07 Å². The molecule has 2 nitrogen and oxygen atoms in total. The quantitative estimate of drug-likeness (QED) is 0.433. The highest BCUT2D eigenvalue weighted by Crippen LogP contribution is 2.08. The van der Waals surface area contributed by atoms with E-state index in [1.165, 1.54) is 0 Å². The minimum absolute atomic E-state index is 0.347. The van der Waals surface area contributed by atoms with E-state index in [1.54, 1.807) is 6.07 Å². The minimum atomic E-state index is -1.53. The molecule has 0 aliphatic heterocycles. The van der Waals surface area contributed by atoms with Crippen molar-refractivity contribution in [3.63, 3.8) is 0 Å². The maximum absolute atomic E-state index is 9.03. The normalized spacial score (nSPS) is 15.1. The fourth-order valence-electron chi connectivity index (χ4n) is 0.522. The molecule has 1 N–H and O–H groups in total. The second-order valence-corrected chi connectivity index (χ2v) is 1.87. The largest absolute Gasteiger partial charge is 0.366 e. The molecule has 0 saturated heterocycles. The third-order valence-corrected chi connectivity index (χ3v) is 1.04. The molecule has 9 heavy (non-hydrogen) atoms. The lowest BCUT2D eigenvalue weighted by molar-refractivity contribution is 0.149. The van der Waals surface area contributed by atoms with Crippen LogP contribution in [0.3, 0.4) is 0 Å². The van der Waals surface area contributed by atoms with Gasteiger partial charge in [-0.3, -0.25) is 0 Å². The van der Waals surface area contributed by atoms with Crippen molar-refractivity contribution in [3.8, 4) is 18.4 Å². The molecule has 0 saturated carbocycles. The highest BCUT2D eigenvalue weighted by molar-refractivity contribution is 5.19. The van der Waals surface area contributed by atoms with E-state index in [-0.39, 0.29) is 0 Å². The third kappa shape index (κ3) is 2.17. The fourth-order valence-corrected chi connectivity index (χ4v) is 0.522. The predicted molar refractivity (Wildman–Crippen MR) is 34.3 cm³/mol. The van der Waals surface area contributed by atoms with Crippen molar-refractivity contribution in [3.05, 3.63) is 0 Å². The molecule has 0 aromatic heterocycles. The topological polar surface area (TPSA) is 44.0 Å². The van der Waals surface area contributed by atoms with Gasteiger partial charge in [0.15, 0.2) is 0 Å². The first-order valence-electron chi connectivity index (χ1n) is 2.80. The second kappa shape index (κ2) is 3.12. The SMILES string of the molecule is C#CC(O)(C#N)CCC. The average molecular weight is 123 g/mol. The van der Waals surface area contributed by atoms with Gasteiger partial charge < -0.3 is 5.11 Å². The van der Waals surface area contributed by atoms with Crippen molar-refractivity contribution in [2.75, 3.05) is 0 Å². The van der Waals surface area contributed by atoms with Crippen molar-refractivity contribution >= 4 is 0 Å². The smallest absolute Gasteiger partial charge is 0.212 e. The first-order valence-corrected chi connectivity index (χ1v) is 2.80. The van der Waals surface area contributed by atoms with E-state index in [0.717, 1.165) is 0 Å². The maximum Gasteiger partial charge on any atom is 0.212 e. The van der Waals surface area contributed by atoms with Crippen LogP contribution in [0.1, 0.15) is 19.8 Å². The van der Waals surface area contributed by atoms with Crippen LogP contribution < -0.4 is 0 Å². The molecule has 0 spiro atoms. The molecule has 0 rings (SSSR count). The molecule has 0 radical (unpaired) electrons. The van der Waals surface area contributed by atoms with Gasteiger partial charge in [0.25, 0.3) is 0 Å². The Balaban J connectivity index is 4.02. The van der Waals surface area contributed by atoms with Crippen molar-refractivity contribution in [2.24, 2.45) is 0 Å². The van der Waals surface area contributed by atoms with Crippen LogP contribution in [0.4, 0.5) is 0 Å². The monoisotopic (exact) mass is 123 g/mol. The number of hydrogen-bond donors (Lipinski definition) is 1. The van der Waals surface area contributed by atoms with Gasteiger partial charge in [0.2, 0.25) is 5.60 Å². The Hall–Kier alpha value is -0.990. The zero-order valence-electron chi connectivity index (χ0n) is 5.39. The van der Waals surface area contributed by atoms with E-state index < -0.39 is 5.60 Å². The molecule has 2 heteroatoms. The Morgan fingerprint density at radius 2 is 2.33 bits per heavy atom. The molecule has 1 atom stereocenters. The molecule has 0 aliphatic carbocycles. The van der Waals surface area contributed by atoms with Crippen LogP contribution in [0, 0.1) is 23.7 Å². The van der Waals surface area contributed by atoms with Gasteiger partial charge in [0.05, 0.1) is 0 Å². The summed E-state index contributed by atoms with van der Waals surface area (Å²) in [5.41, 5.74) is -1.53. The lowest BCUT2D eigenvalue weighted by Crippen LogP contribution is -2.22. The second-order valence-electron chi connectivity index (χ2n) is 1.87. The molecule has 0 aliphatic rings. The zero-order chi connectivity index (χ0) is 7.33. The summed E-state index contributed by atoms with van der Waals surface area (Å²) in [6.45, 7) is 1.86. The van der Waals surface area contributed by atoms with E-state index in [2.05, 4.69) is 0 Å². The Morgan fingerprint density at radius 1 is 1.78 bits per heavy atom. The molecule has 0 bridgehead atoms. The lowest BCUT2D eigenvalue weighted by atomic mass is 10.0. The summed E-state index contributed by atoms with van der Waals surface area (Å²) in [6.07, 6.45) is 5.94. The zero-order valence-corrected chi connectivity index (χ0v) is 5.39. The highest BCUT2D eigenvalue weighted by Gasteiger charge is 2.20. The third-order valence-electron chi connectivity index (χ3n) is 1.04. The molecule has 0 aromatic carbocycles. The number of aliphatic hydroxyl groups is 1. The Kier molecular flexibility index (Phi) is 2.78. The van der Waals surface area contributed by atoms with E-state index >= 15 is 0 Å². The first kappa shape index (κ1) is 8.01. The van der Waals surface area contributed by atoms with Gasteiger partial charge in [-0.05, 0) is 0 Å².